The number of alkyl carbamates (subject to hydrolysis) is 1. The van der Waals surface area contributed by atoms with E-state index in [9.17, 15) is 14.4 Å². The van der Waals surface area contributed by atoms with Gasteiger partial charge in [-0.2, -0.15) is 0 Å². The van der Waals surface area contributed by atoms with Gasteiger partial charge in [-0.1, -0.05) is 13.8 Å². The van der Waals surface area contributed by atoms with Crippen LogP contribution in [0, 0.1) is 11.3 Å². The monoisotopic (exact) mass is 297 g/mol. The topological polar surface area (TPSA) is 96.5 Å². The van der Waals surface area contributed by atoms with Crippen LogP contribution in [0.25, 0.3) is 0 Å². The molecule has 2 aliphatic rings. The van der Waals surface area contributed by atoms with E-state index in [0.717, 1.165) is 6.42 Å². The van der Waals surface area contributed by atoms with Crippen molar-refractivity contribution < 1.29 is 19.1 Å². The van der Waals surface area contributed by atoms with E-state index in [0.29, 0.717) is 0 Å². The third kappa shape index (κ3) is 3.11. The zero-order valence-corrected chi connectivity index (χ0v) is 13.1. The molecular weight excluding hydrogens is 274 g/mol. The molecule has 1 saturated heterocycles. The fraction of sp³-hybridized carbons (Fsp3) is 0.786. The standard InChI is InChI=1S/C14H23N3O4/c1-12(2,3)21-11(20)15-7-14(8-6-13(8,4)5)9(18)16-10(19)17-14/h8H,6-7H2,1-5H3,(H,15,20)(H2,16,17,18,19). The molecule has 0 aromatic rings. The highest BCUT2D eigenvalue weighted by Crippen LogP contribution is 2.57. The van der Waals surface area contributed by atoms with Gasteiger partial charge in [0.05, 0.1) is 6.54 Å². The van der Waals surface area contributed by atoms with Crippen molar-refractivity contribution in [3.8, 4) is 0 Å². The number of hydrogen-bond acceptors (Lipinski definition) is 4. The van der Waals surface area contributed by atoms with E-state index in [4.69, 9.17) is 4.74 Å². The lowest BCUT2D eigenvalue weighted by molar-refractivity contribution is -0.124. The highest BCUT2D eigenvalue weighted by molar-refractivity contribution is 6.08. The van der Waals surface area contributed by atoms with Crippen LogP contribution in [0.1, 0.15) is 41.0 Å². The number of carbonyl (C=O) groups excluding carboxylic acids is 3. The molecule has 7 heteroatoms. The molecule has 21 heavy (non-hydrogen) atoms. The van der Waals surface area contributed by atoms with Gasteiger partial charge in [0, 0.05) is 0 Å². The van der Waals surface area contributed by atoms with Crippen molar-refractivity contribution in [2.75, 3.05) is 6.54 Å². The molecule has 0 bridgehead atoms. The summed E-state index contributed by atoms with van der Waals surface area (Å²) < 4.78 is 5.16. The molecule has 7 nitrogen and oxygen atoms in total. The van der Waals surface area contributed by atoms with Crippen LogP contribution >= 0.6 is 0 Å². The SMILES string of the molecule is CC(C)(C)OC(=O)NCC1(C2CC2(C)C)NC(=O)NC1=O. The zero-order chi connectivity index (χ0) is 16.1. The Morgan fingerprint density at radius 1 is 1.38 bits per heavy atom. The predicted molar refractivity (Wildman–Crippen MR) is 75.5 cm³/mol. The summed E-state index contributed by atoms with van der Waals surface area (Å²) in [5, 5.41) is 7.54. The van der Waals surface area contributed by atoms with Crippen LogP contribution in [0.5, 0.6) is 0 Å². The summed E-state index contributed by atoms with van der Waals surface area (Å²) >= 11 is 0. The molecule has 0 radical (unpaired) electrons. The molecule has 0 aromatic carbocycles. The van der Waals surface area contributed by atoms with Crippen LogP contribution in [-0.4, -0.2) is 35.7 Å². The zero-order valence-electron chi connectivity index (χ0n) is 13.1. The number of ether oxygens (including phenoxy) is 1. The van der Waals surface area contributed by atoms with E-state index in [1.54, 1.807) is 20.8 Å². The van der Waals surface area contributed by atoms with Crippen molar-refractivity contribution in [3.63, 3.8) is 0 Å². The molecule has 1 saturated carbocycles. The first kappa shape index (κ1) is 15.6. The Morgan fingerprint density at radius 2 is 1.95 bits per heavy atom. The molecule has 0 aromatic heterocycles. The van der Waals surface area contributed by atoms with Gasteiger partial charge in [0.1, 0.15) is 11.1 Å². The van der Waals surface area contributed by atoms with Crippen LogP contribution in [0.2, 0.25) is 0 Å². The lowest BCUT2D eigenvalue weighted by Gasteiger charge is -2.29. The molecule has 1 aliphatic heterocycles. The molecule has 1 heterocycles. The van der Waals surface area contributed by atoms with Crippen molar-refractivity contribution in [1.29, 1.82) is 0 Å². The second-order valence-electron chi connectivity index (χ2n) is 7.48. The first-order valence-electron chi connectivity index (χ1n) is 7.07. The minimum atomic E-state index is -1.09. The van der Waals surface area contributed by atoms with Crippen LogP contribution in [0.3, 0.4) is 0 Å². The van der Waals surface area contributed by atoms with Gasteiger partial charge in [-0.3, -0.25) is 10.1 Å². The summed E-state index contributed by atoms with van der Waals surface area (Å²) in [6, 6.07) is -0.520. The summed E-state index contributed by atoms with van der Waals surface area (Å²) in [4.78, 5) is 35.5. The van der Waals surface area contributed by atoms with Gasteiger partial charge >= 0.3 is 12.1 Å². The first-order chi connectivity index (χ1) is 9.46. The third-order valence-electron chi connectivity index (χ3n) is 3.99. The first-order valence-corrected chi connectivity index (χ1v) is 7.07. The number of hydrogen-bond donors (Lipinski definition) is 3. The minimum absolute atomic E-state index is 0.00798. The Bertz CT molecular complexity index is 495. The Morgan fingerprint density at radius 3 is 2.33 bits per heavy atom. The fourth-order valence-corrected chi connectivity index (χ4v) is 2.83. The molecule has 3 N–H and O–H groups in total. The van der Waals surface area contributed by atoms with Crippen molar-refractivity contribution in [2.45, 2.75) is 52.2 Å². The van der Waals surface area contributed by atoms with Gasteiger partial charge in [-0.15, -0.1) is 0 Å². The fourth-order valence-electron chi connectivity index (χ4n) is 2.83. The molecule has 118 valence electrons. The highest BCUT2D eigenvalue weighted by atomic mass is 16.6. The van der Waals surface area contributed by atoms with E-state index in [-0.39, 0.29) is 23.8 Å². The van der Waals surface area contributed by atoms with E-state index in [2.05, 4.69) is 16.0 Å². The minimum Gasteiger partial charge on any atom is -0.444 e. The molecule has 2 fully saturated rings. The largest absolute Gasteiger partial charge is 0.444 e. The lowest BCUT2D eigenvalue weighted by Crippen LogP contribution is -2.58. The van der Waals surface area contributed by atoms with Gasteiger partial charge in [-0.05, 0) is 38.5 Å². The number of imide groups is 1. The van der Waals surface area contributed by atoms with Gasteiger partial charge in [0.15, 0.2) is 0 Å². The third-order valence-corrected chi connectivity index (χ3v) is 3.99. The average molecular weight is 297 g/mol. The Kier molecular flexibility index (Phi) is 3.42. The van der Waals surface area contributed by atoms with Gasteiger partial charge in [-0.25, -0.2) is 9.59 Å². The molecule has 2 atom stereocenters. The second kappa shape index (κ2) is 4.61. The summed E-state index contributed by atoms with van der Waals surface area (Å²) in [6.07, 6.45) is 0.214. The van der Waals surface area contributed by atoms with E-state index >= 15 is 0 Å². The van der Waals surface area contributed by atoms with Gasteiger partial charge in [0.2, 0.25) is 0 Å². The number of urea groups is 1. The average Bonchev–Trinajstić information content (AvgIpc) is 2.80. The number of amides is 4. The maximum Gasteiger partial charge on any atom is 0.407 e. The number of nitrogens with one attached hydrogen (secondary N) is 3. The van der Waals surface area contributed by atoms with Crippen LogP contribution < -0.4 is 16.0 Å². The summed E-state index contributed by atoms with van der Waals surface area (Å²) in [7, 11) is 0. The van der Waals surface area contributed by atoms with Crippen molar-refractivity contribution in [2.24, 2.45) is 11.3 Å². The van der Waals surface area contributed by atoms with Gasteiger partial charge < -0.3 is 15.4 Å². The highest BCUT2D eigenvalue weighted by Gasteiger charge is 2.64. The predicted octanol–water partition coefficient (Wildman–Crippen LogP) is 1.14. The van der Waals surface area contributed by atoms with Crippen LogP contribution in [0.4, 0.5) is 9.59 Å². The molecule has 0 spiro atoms. The van der Waals surface area contributed by atoms with E-state index in [1.807, 2.05) is 13.8 Å². The number of rotatable bonds is 3. The lowest BCUT2D eigenvalue weighted by atomic mass is 9.88. The van der Waals surface area contributed by atoms with Crippen molar-refractivity contribution in [3.05, 3.63) is 0 Å². The maximum absolute atomic E-state index is 12.2. The normalized spacial score (nSPS) is 30.4. The molecular formula is C14H23N3O4. The summed E-state index contributed by atoms with van der Waals surface area (Å²) in [5.41, 5.74) is -1.74. The second-order valence-corrected chi connectivity index (χ2v) is 7.48. The molecule has 1 aliphatic carbocycles. The Labute approximate surface area is 124 Å². The Balaban J connectivity index is 2.07. The van der Waals surface area contributed by atoms with Crippen LogP contribution in [-0.2, 0) is 9.53 Å². The van der Waals surface area contributed by atoms with E-state index in [1.165, 1.54) is 0 Å². The summed E-state index contributed by atoms with van der Waals surface area (Å²) in [6.45, 7) is 9.37. The number of carbonyl (C=O) groups is 3. The van der Waals surface area contributed by atoms with Crippen molar-refractivity contribution in [1.82, 2.24) is 16.0 Å². The van der Waals surface area contributed by atoms with E-state index < -0.39 is 23.3 Å². The van der Waals surface area contributed by atoms with Gasteiger partial charge in [0.25, 0.3) is 5.91 Å². The van der Waals surface area contributed by atoms with Crippen molar-refractivity contribution >= 4 is 18.0 Å². The summed E-state index contributed by atoms with van der Waals surface area (Å²) in [5.74, 6) is -0.398. The van der Waals surface area contributed by atoms with Crippen LogP contribution in [0.15, 0.2) is 0 Å². The smallest absolute Gasteiger partial charge is 0.407 e. The Hall–Kier alpha value is -1.79. The maximum atomic E-state index is 12.2. The molecule has 2 unspecified atom stereocenters. The quantitative estimate of drug-likeness (QED) is 0.680. The molecule has 4 amide bonds. The molecule has 2 rings (SSSR count).